The fourth-order valence-corrected chi connectivity index (χ4v) is 11.0. The maximum Gasteiger partial charge on any atom is 0.240 e. The Hall–Kier alpha value is -0.500. The number of nitrogens with two attached hydrogens (primary N) is 2. The molecule has 0 unspecified atom stereocenters. The largest absolute Gasteiger partial charge is 0.325 e. The van der Waals surface area contributed by atoms with Crippen LogP contribution in [-0.4, -0.2) is 38.3 Å². The molecular weight excluding hydrogens is 502 g/mol. The molecule has 4 rings (SSSR count). The number of carbonyl (C=O) groups is 1. The minimum Gasteiger partial charge on any atom is -0.325 e. The summed E-state index contributed by atoms with van der Waals surface area (Å²) < 4.78 is 47.8. The molecule has 1 spiro atoms. The van der Waals surface area contributed by atoms with E-state index in [2.05, 4.69) is 5.32 Å². The highest BCUT2D eigenvalue weighted by atomic mass is 35.5. The fraction of sp³-hybridized carbons (Fsp3) is 0.611. The SMILES string of the molecule is NS(=O)(=O)c1cc(S(N)(=O)=O)c(NC(=O)C2C[C@@H]3CCC[C@@H](C2)C32SCCS2)cc1Cl. The second-order valence-corrected chi connectivity index (χ2v) is 14.7. The lowest BCUT2D eigenvalue weighted by Gasteiger charge is -2.52. The minimum atomic E-state index is -4.34. The van der Waals surface area contributed by atoms with Gasteiger partial charge in [-0.3, -0.25) is 4.79 Å². The van der Waals surface area contributed by atoms with Crippen molar-refractivity contribution in [2.24, 2.45) is 28.0 Å². The smallest absolute Gasteiger partial charge is 0.240 e. The number of sulfonamides is 2. The number of hydrogen-bond donors (Lipinski definition) is 3. The number of halogens is 1. The molecule has 1 aliphatic heterocycles. The zero-order chi connectivity index (χ0) is 22.6. The molecule has 5 N–H and O–H groups in total. The Morgan fingerprint density at radius 3 is 2.06 bits per heavy atom. The van der Waals surface area contributed by atoms with Gasteiger partial charge in [0.15, 0.2) is 0 Å². The molecule has 31 heavy (non-hydrogen) atoms. The van der Waals surface area contributed by atoms with Crippen molar-refractivity contribution in [2.45, 2.75) is 46.0 Å². The summed E-state index contributed by atoms with van der Waals surface area (Å²) in [5.74, 6) is 2.61. The van der Waals surface area contributed by atoms with Crippen LogP contribution in [0.3, 0.4) is 0 Å². The van der Waals surface area contributed by atoms with Crippen LogP contribution >= 0.6 is 35.1 Å². The van der Waals surface area contributed by atoms with Gasteiger partial charge in [-0.05, 0) is 49.7 Å². The number of hydrogen-bond acceptors (Lipinski definition) is 7. The molecule has 3 aliphatic rings. The van der Waals surface area contributed by atoms with Crippen LogP contribution in [0.4, 0.5) is 5.69 Å². The first-order chi connectivity index (χ1) is 14.4. The van der Waals surface area contributed by atoms with Crippen molar-refractivity contribution in [3.05, 3.63) is 17.2 Å². The standard InChI is InChI=1S/C18H24ClN3O5S4/c19-13-8-14(16(31(21,26)27)9-15(13)30(20,24)25)22-17(23)10-6-11-2-1-3-12(7-10)18(11)28-4-5-29-18/h8-12H,1-7H2,(H,22,23)(H2,20,24,25)(H2,21,26,27)/t11-,12-/m0/s1. The van der Waals surface area contributed by atoms with E-state index in [1.54, 1.807) is 0 Å². The third-order valence-corrected chi connectivity index (χ3v) is 12.7. The zero-order valence-electron chi connectivity index (χ0n) is 16.5. The Morgan fingerprint density at radius 2 is 1.55 bits per heavy atom. The molecule has 1 heterocycles. The van der Waals surface area contributed by atoms with E-state index in [1.807, 2.05) is 23.5 Å². The average Bonchev–Trinajstić information content (AvgIpc) is 3.08. The number of primary sulfonamides is 2. The van der Waals surface area contributed by atoms with Gasteiger partial charge in [0.1, 0.15) is 9.79 Å². The van der Waals surface area contributed by atoms with Gasteiger partial charge in [-0.2, -0.15) is 0 Å². The molecule has 2 saturated carbocycles. The zero-order valence-corrected chi connectivity index (χ0v) is 20.6. The minimum absolute atomic E-state index is 0.139. The average molecular weight is 526 g/mol. The highest BCUT2D eigenvalue weighted by Gasteiger charge is 2.55. The number of amides is 1. The number of benzene rings is 1. The lowest BCUT2D eigenvalue weighted by atomic mass is 9.67. The Labute approximate surface area is 195 Å². The van der Waals surface area contributed by atoms with Crippen molar-refractivity contribution >= 4 is 66.8 Å². The van der Waals surface area contributed by atoms with E-state index >= 15 is 0 Å². The molecule has 2 aliphatic carbocycles. The van der Waals surface area contributed by atoms with Crippen LogP contribution in [0.15, 0.2) is 21.9 Å². The molecule has 8 nitrogen and oxygen atoms in total. The van der Waals surface area contributed by atoms with Crippen molar-refractivity contribution in [2.75, 3.05) is 16.8 Å². The van der Waals surface area contributed by atoms with Crippen LogP contribution in [-0.2, 0) is 24.8 Å². The summed E-state index contributed by atoms with van der Waals surface area (Å²) in [7, 11) is -8.62. The van der Waals surface area contributed by atoms with Gasteiger partial charge in [-0.15, -0.1) is 23.5 Å². The van der Waals surface area contributed by atoms with E-state index in [0.29, 0.717) is 11.8 Å². The van der Waals surface area contributed by atoms with Crippen LogP contribution in [0, 0.1) is 17.8 Å². The maximum absolute atomic E-state index is 13.1. The predicted molar refractivity (Wildman–Crippen MR) is 124 cm³/mol. The number of rotatable bonds is 4. The molecule has 2 atom stereocenters. The van der Waals surface area contributed by atoms with Crippen LogP contribution < -0.4 is 15.6 Å². The molecule has 1 amide bonds. The summed E-state index contributed by atoms with van der Waals surface area (Å²) in [5.41, 5.74) is -0.139. The van der Waals surface area contributed by atoms with E-state index in [-0.39, 0.29) is 26.6 Å². The molecule has 172 valence electrons. The summed E-state index contributed by atoms with van der Waals surface area (Å²) in [6.45, 7) is 0. The van der Waals surface area contributed by atoms with E-state index in [9.17, 15) is 21.6 Å². The molecule has 1 aromatic rings. The van der Waals surface area contributed by atoms with Crippen LogP contribution in [0.5, 0.6) is 0 Å². The molecule has 0 aromatic heterocycles. The van der Waals surface area contributed by atoms with Gasteiger partial charge in [0.25, 0.3) is 0 Å². The van der Waals surface area contributed by atoms with Crippen molar-refractivity contribution in [3.8, 4) is 0 Å². The van der Waals surface area contributed by atoms with Gasteiger partial charge in [0.05, 0.1) is 14.8 Å². The maximum atomic E-state index is 13.1. The van der Waals surface area contributed by atoms with Gasteiger partial charge in [0, 0.05) is 17.4 Å². The van der Waals surface area contributed by atoms with Gasteiger partial charge >= 0.3 is 0 Å². The number of nitrogens with one attached hydrogen (secondary N) is 1. The summed E-state index contributed by atoms with van der Waals surface area (Å²) in [6.07, 6.45) is 4.86. The molecular formula is C18H24ClN3O5S4. The summed E-state index contributed by atoms with van der Waals surface area (Å²) in [4.78, 5) is 12.0. The van der Waals surface area contributed by atoms with Gasteiger partial charge in [-0.25, -0.2) is 27.1 Å². The molecule has 1 saturated heterocycles. The quantitative estimate of drug-likeness (QED) is 0.546. The number of anilines is 1. The van der Waals surface area contributed by atoms with Gasteiger partial charge in [0.2, 0.25) is 26.0 Å². The van der Waals surface area contributed by atoms with E-state index < -0.39 is 29.8 Å². The highest BCUT2D eigenvalue weighted by molar-refractivity contribution is 8.21. The first-order valence-electron chi connectivity index (χ1n) is 9.90. The summed E-state index contributed by atoms with van der Waals surface area (Å²) in [5, 5.41) is 12.7. The Kier molecular flexibility index (Phi) is 6.39. The van der Waals surface area contributed by atoms with Crippen molar-refractivity contribution in [3.63, 3.8) is 0 Å². The molecule has 3 fully saturated rings. The Balaban J connectivity index is 1.61. The van der Waals surface area contributed by atoms with E-state index in [0.717, 1.165) is 49.3 Å². The summed E-state index contributed by atoms with van der Waals surface area (Å²) in [6, 6.07) is 1.87. The third kappa shape index (κ3) is 4.49. The highest BCUT2D eigenvalue weighted by Crippen LogP contribution is 2.64. The lowest BCUT2D eigenvalue weighted by Crippen LogP contribution is -2.48. The van der Waals surface area contributed by atoms with Crippen molar-refractivity contribution < 1.29 is 21.6 Å². The topological polar surface area (TPSA) is 149 Å². The van der Waals surface area contributed by atoms with E-state index in [1.165, 1.54) is 6.42 Å². The Morgan fingerprint density at radius 1 is 1.00 bits per heavy atom. The molecule has 0 radical (unpaired) electrons. The van der Waals surface area contributed by atoms with Crippen LogP contribution in [0.2, 0.25) is 5.02 Å². The number of carbonyl (C=O) groups excluding carboxylic acids is 1. The third-order valence-electron chi connectivity index (χ3n) is 6.40. The lowest BCUT2D eigenvalue weighted by molar-refractivity contribution is -0.122. The summed E-state index contributed by atoms with van der Waals surface area (Å²) >= 11 is 10.1. The molecule has 1 aromatic carbocycles. The first-order valence-corrected chi connectivity index (χ1v) is 15.3. The second-order valence-electron chi connectivity index (χ2n) is 8.27. The van der Waals surface area contributed by atoms with E-state index in [4.69, 9.17) is 21.9 Å². The monoisotopic (exact) mass is 525 g/mol. The number of thioether (sulfide) groups is 2. The van der Waals surface area contributed by atoms with Gasteiger partial charge < -0.3 is 5.32 Å². The molecule has 13 heteroatoms. The Bertz CT molecular complexity index is 1100. The fourth-order valence-electron chi connectivity index (χ4n) is 5.14. The predicted octanol–water partition coefficient (Wildman–Crippen LogP) is 2.58. The first kappa shape index (κ1) is 23.7. The van der Waals surface area contributed by atoms with Gasteiger partial charge in [-0.1, -0.05) is 18.0 Å². The second kappa shape index (κ2) is 8.37. The molecule has 2 bridgehead atoms. The van der Waals surface area contributed by atoms with Crippen molar-refractivity contribution in [1.82, 2.24) is 0 Å². The normalized spacial score (nSPS) is 27.9. The van der Waals surface area contributed by atoms with Crippen LogP contribution in [0.1, 0.15) is 32.1 Å². The van der Waals surface area contributed by atoms with Crippen LogP contribution in [0.25, 0.3) is 0 Å². The van der Waals surface area contributed by atoms with Crippen molar-refractivity contribution in [1.29, 1.82) is 0 Å².